The van der Waals surface area contributed by atoms with Crippen LogP contribution < -0.4 is 10.1 Å². The Hall–Kier alpha value is -2.60. The van der Waals surface area contributed by atoms with Crippen LogP contribution in [0.3, 0.4) is 0 Å². The molecule has 0 aliphatic carbocycles. The Morgan fingerprint density at radius 3 is 2.23 bits per heavy atom. The number of carbonyl (C=O) groups is 1. The number of halogens is 1. The van der Waals surface area contributed by atoms with Gasteiger partial charge in [0.05, 0.1) is 13.2 Å². The van der Waals surface area contributed by atoms with E-state index >= 15 is 0 Å². The zero-order valence-corrected chi connectivity index (χ0v) is 15.7. The number of carbonyl (C=O) groups excluding carboxylic acids is 1. The first kappa shape index (κ1) is 19.7. The van der Waals surface area contributed by atoms with Crippen LogP contribution in [-0.4, -0.2) is 50.6 Å². The van der Waals surface area contributed by atoms with Crippen molar-refractivity contribution in [2.75, 3.05) is 34.8 Å². The van der Waals surface area contributed by atoms with Gasteiger partial charge < -0.3 is 19.9 Å². The zero-order valence-electron chi connectivity index (χ0n) is 15.7. The van der Waals surface area contributed by atoms with Crippen molar-refractivity contribution in [3.05, 3.63) is 65.5 Å². The fourth-order valence-electron chi connectivity index (χ4n) is 2.68. The number of urea groups is 1. The molecule has 1 unspecified atom stereocenters. The molecule has 0 heterocycles. The topological polar surface area (TPSA) is 44.8 Å². The van der Waals surface area contributed by atoms with Gasteiger partial charge in [0.1, 0.15) is 11.6 Å². The number of benzene rings is 2. The standard InChI is InChI=1S/C20H26FN3O2/c1-23(2)19(16-7-11-18(26-4)12-8-16)13-22-20(25)24(3)14-15-5-9-17(21)10-6-15/h5-12,19H,13-14H2,1-4H3,(H,22,25). The Labute approximate surface area is 154 Å². The van der Waals surface area contributed by atoms with Gasteiger partial charge in [-0.2, -0.15) is 0 Å². The van der Waals surface area contributed by atoms with E-state index in [-0.39, 0.29) is 17.9 Å². The second kappa shape index (κ2) is 9.20. The summed E-state index contributed by atoms with van der Waals surface area (Å²) in [7, 11) is 7.30. The SMILES string of the molecule is COc1ccc(C(CNC(=O)N(C)Cc2ccc(F)cc2)N(C)C)cc1. The maximum Gasteiger partial charge on any atom is 0.317 e. The molecular formula is C20H26FN3O2. The summed E-state index contributed by atoms with van der Waals surface area (Å²) in [6, 6.07) is 13.8. The Balaban J connectivity index is 1.94. The molecule has 2 aromatic carbocycles. The summed E-state index contributed by atoms with van der Waals surface area (Å²) in [6.45, 7) is 0.896. The van der Waals surface area contributed by atoms with Crippen LogP contribution in [0.2, 0.25) is 0 Å². The maximum absolute atomic E-state index is 13.0. The first-order valence-electron chi connectivity index (χ1n) is 8.44. The van der Waals surface area contributed by atoms with Gasteiger partial charge in [0.2, 0.25) is 0 Å². The van der Waals surface area contributed by atoms with Gasteiger partial charge in [-0.1, -0.05) is 24.3 Å². The van der Waals surface area contributed by atoms with Crippen molar-refractivity contribution in [2.45, 2.75) is 12.6 Å². The highest BCUT2D eigenvalue weighted by molar-refractivity contribution is 5.73. The summed E-state index contributed by atoms with van der Waals surface area (Å²) in [5.41, 5.74) is 1.97. The molecule has 1 atom stereocenters. The van der Waals surface area contributed by atoms with Gasteiger partial charge in [-0.25, -0.2) is 9.18 Å². The molecule has 2 rings (SSSR count). The minimum absolute atomic E-state index is 0.0454. The summed E-state index contributed by atoms with van der Waals surface area (Å²) < 4.78 is 18.2. The smallest absolute Gasteiger partial charge is 0.317 e. The monoisotopic (exact) mass is 359 g/mol. The van der Waals surface area contributed by atoms with E-state index in [1.165, 1.54) is 12.1 Å². The third-order valence-electron chi connectivity index (χ3n) is 4.25. The largest absolute Gasteiger partial charge is 0.497 e. The second-order valence-corrected chi connectivity index (χ2v) is 6.42. The fourth-order valence-corrected chi connectivity index (χ4v) is 2.68. The van der Waals surface area contributed by atoms with E-state index in [9.17, 15) is 9.18 Å². The Morgan fingerprint density at radius 2 is 1.69 bits per heavy atom. The lowest BCUT2D eigenvalue weighted by molar-refractivity contribution is 0.200. The molecule has 0 saturated carbocycles. The molecule has 0 aromatic heterocycles. The highest BCUT2D eigenvalue weighted by Crippen LogP contribution is 2.20. The molecule has 0 radical (unpaired) electrons. The number of nitrogens with zero attached hydrogens (tertiary/aromatic N) is 2. The van der Waals surface area contributed by atoms with Crippen LogP contribution in [0, 0.1) is 5.82 Å². The zero-order chi connectivity index (χ0) is 19.1. The van der Waals surface area contributed by atoms with Crippen LogP contribution in [-0.2, 0) is 6.54 Å². The van der Waals surface area contributed by atoms with Crippen molar-refractivity contribution in [1.82, 2.24) is 15.1 Å². The van der Waals surface area contributed by atoms with E-state index in [2.05, 4.69) is 10.2 Å². The normalized spacial score (nSPS) is 11.9. The summed E-state index contributed by atoms with van der Waals surface area (Å²) in [6.07, 6.45) is 0. The predicted molar refractivity (Wildman–Crippen MR) is 101 cm³/mol. The second-order valence-electron chi connectivity index (χ2n) is 6.42. The number of hydrogen-bond donors (Lipinski definition) is 1. The quantitative estimate of drug-likeness (QED) is 0.825. The molecule has 0 aliphatic heterocycles. The average molecular weight is 359 g/mol. The minimum Gasteiger partial charge on any atom is -0.497 e. The number of nitrogens with one attached hydrogen (secondary N) is 1. The highest BCUT2D eigenvalue weighted by atomic mass is 19.1. The molecule has 0 saturated heterocycles. The van der Waals surface area contributed by atoms with Crippen LogP contribution >= 0.6 is 0 Å². The number of hydrogen-bond acceptors (Lipinski definition) is 3. The first-order valence-corrected chi connectivity index (χ1v) is 8.44. The first-order chi connectivity index (χ1) is 12.4. The third kappa shape index (κ3) is 5.46. The number of rotatable bonds is 7. The molecule has 2 aromatic rings. The van der Waals surface area contributed by atoms with E-state index < -0.39 is 0 Å². The van der Waals surface area contributed by atoms with Gasteiger partial charge in [0.25, 0.3) is 0 Å². The summed E-state index contributed by atoms with van der Waals surface area (Å²) in [4.78, 5) is 16.0. The van der Waals surface area contributed by atoms with Crippen molar-refractivity contribution < 1.29 is 13.9 Å². The molecule has 6 heteroatoms. The minimum atomic E-state index is -0.283. The van der Waals surface area contributed by atoms with Crippen LogP contribution in [0.4, 0.5) is 9.18 Å². The van der Waals surface area contributed by atoms with E-state index in [1.807, 2.05) is 38.4 Å². The lowest BCUT2D eigenvalue weighted by atomic mass is 10.1. The predicted octanol–water partition coefficient (Wildman–Crippen LogP) is 3.28. The van der Waals surface area contributed by atoms with Crippen LogP contribution in [0.15, 0.2) is 48.5 Å². The molecule has 0 aliphatic rings. The number of methoxy groups -OCH3 is 1. The van der Waals surface area contributed by atoms with Crippen molar-refractivity contribution in [3.63, 3.8) is 0 Å². The Kier molecular flexibility index (Phi) is 6.97. The maximum atomic E-state index is 13.0. The summed E-state index contributed by atoms with van der Waals surface area (Å²) in [5, 5.41) is 2.96. The molecule has 140 valence electrons. The number of likely N-dealkylation sites (N-methyl/N-ethyl adjacent to an activating group) is 1. The molecule has 5 nitrogen and oxygen atoms in total. The molecule has 1 N–H and O–H groups in total. The number of amides is 2. The molecule has 0 spiro atoms. The van der Waals surface area contributed by atoms with Gasteiger partial charge in [0.15, 0.2) is 0 Å². The Bertz CT molecular complexity index is 702. The van der Waals surface area contributed by atoms with E-state index in [0.29, 0.717) is 13.1 Å². The van der Waals surface area contributed by atoms with Crippen molar-refractivity contribution >= 4 is 6.03 Å². The highest BCUT2D eigenvalue weighted by Gasteiger charge is 2.17. The van der Waals surface area contributed by atoms with Crippen molar-refractivity contribution in [1.29, 1.82) is 0 Å². The van der Waals surface area contributed by atoms with Gasteiger partial charge in [-0.3, -0.25) is 0 Å². The summed E-state index contributed by atoms with van der Waals surface area (Å²) >= 11 is 0. The molecule has 2 amide bonds. The Morgan fingerprint density at radius 1 is 1.08 bits per heavy atom. The van der Waals surface area contributed by atoms with Gasteiger partial charge in [0, 0.05) is 20.1 Å². The van der Waals surface area contributed by atoms with Gasteiger partial charge in [-0.05, 0) is 49.5 Å². The van der Waals surface area contributed by atoms with Crippen LogP contribution in [0.25, 0.3) is 0 Å². The molecular weight excluding hydrogens is 333 g/mol. The van der Waals surface area contributed by atoms with Crippen molar-refractivity contribution in [2.24, 2.45) is 0 Å². The van der Waals surface area contributed by atoms with Crippen LogP contribution in [0.5, 0.6) is 5.75 Å². The fraction of sp³-hybridized carbons (Fsp3) is 0.350. The lowest BCUT2D eigenvalue weighted by Gasteiger charge is -2.27. The molecule has 0 fully saturated rings. The average Bonchev–Trinajstić information content (AvgIpc) is 2.63. The molecule has 0 bridgehead atoms. The van der Waals surface area contributed by atoms with Gasteiger partial charge in [-0.15, -0.1) is 0 Å². The van der Waals surface area contributed by atoms with Crippen molar-refractivity contribution in [3.8, 4) is 5.75 Å². The number of ether oxygens (including phenoxy) is 1. The lowest BCUT2D eigenvalue weighted by Crippen LogP contribution is -2.41. The van der Waals surface area contributed by atoms with E-state index in [4.69, 9.17) is 4.74 Å². The molecule has 26 heavy (non-hydrogen) atoms. The van der Waals surface area contributed by atoms with E-state index in [0.717, 1.165) is 16.9 Å². The third-order valence-corrected chi connectivity index (χ3v) is 4.25. The summed E-state index contributed by atoms with van der Waals surface area (Å²) in [5.74, 6) is 0.517. The van der Waals surface area contributed by atoms with Gasteiger partial charge >= 0.3 is 6.03 Å². The van der Waals surface area contributed by atoms with E-state index in [1.54, 1.807) is 31.2 Å². The van der Waals surface area contributed by atoms with Crippen LogP contribution in [0.1, 0.15) is 17.2 Å².